The van der Waals surface area contributed by atoms with E-state index in [9.17, 15) is 9.59 Å². The average Bonchev–Trinajstić information content (AvgIpc) is 3.00. The van der Waals surface area contributed by atoms with Crippen LogP contribution in [0.4, 0.5) is 10.5 Å². The van der Waals surface area contributed by atoms with E-state index in [1.54, 1.807) is 30.3 Å². The molecule has 3 aromatic rings. The minimum atomic E-state index is -0.380. The fourth-order valence-electron chi connectivity index (χ4n) is 2.93. The Hall–Kier alpha value is -2.73. The molecule has 0 N–H and O–H groups in total. The summed E-state index contributed by atoms with van der Waals surface area (Å²) in [6.07, 6.45) is 1.68. The Morgan fingerprint density at radius 2 is 1.73 bits per heavy atom. The van der Waals surface area contributed by atoms with Crippen molar-refractivity contribution >= 4 is 57.9 Å². The van der Waals surface area contributed by atoms with E-state index in [0.717, 1.165) is 27.8 Å². The predicted octanol–water partition coefficient (Wildman–Crippen LogP) is 6.81. The molecular formula is C23H15Cl2NO3S. The minimum absolute atomic E-state index is 0.328. The molecule has 1 saturated heterocycles. The summed E-state index contributed by atoms with van der Waals surface area (Å²) in [4.78, 5) is 26.7. The van der Waals surface area contributed by atoms with Crippen molar-refractivity contribution in [2.75, 3.05) is 4.90 Å². The van der Waals surface area contributed by atoms with Gasteiger partial charge < -0.3 is 4.74 Å². The van der Waals surface area contributed by atoms with E-state index in [2.05, 4.69) is 0 Å². The molecule has 150 valence electrons. The number of amides is 2. The number of imide groups is 1. The van der Waals surface area contributed by atoms with Crippen LogP contribution in [0.15, 0.2) is 77.7 Å². The van der Waals surface area contributed by atoms with Gasteiger partial charge in [-0.15, -0.1) is 0 Å². The third-order valence-electron chi connectivity index (χ3n) is 4.37. The largest absolute Gasteiger partial charge is 0.489 e. The Morgan fingerprint density at radius 1 is 0.933 bits per heavy atom. The topological polar surface area (TPSA) is 46.6 Å². The summed E-state index contributed by atoms with van der Waals surface area (Å²) < 4.78 is 5.83. The minimum Gasteiger partial charge on any atom is -0.489 e. The average molecular weight is 456 g/mol. The van der Waals surface area contributed by atoms with E-state index < -0.39 is 0 Å². The summed E-state index contributed by atoms with van der Waals surface area (Å²) in [5.74, 6) is 0.257. The number of benzene rings is 3. The highest BCUT2D eigenvalue weighted by atomic mass is 35.5. The lowest BCUT2D eigenvalue weighted by molar-refractivity contribution is -0.113. The molecular weight excluding hydrogens is 441 g/mol. The van der Waals surface area contributed by atoms with Crippen molar-refractivity contribution in [3.05, 3.63) is 98.9 Å². The van der Waals surface area contributed by atoms with Gasteiger partial charge >= 0.3 is 0 Å². The number of thioether (sulfide) groups is 1. The van der Waals surface area contributed by atoms with Gasteiger partial charge in [0, 0.05) is 15.6 Å². The molecule has 0 atom stereocenters. The van der Waals surface area contributed by atoms with Crippen molar-refractivity contribution in [3.63, 3.8) is 0 Å². The molecule has 7 heteroatoms. The van der Waals surface area contributed by atoms with Gasteiger partial charge in [-0.25, -0.2) is 4.90 Å². The molecule has 1 heterocycles. The summed E-state index contributed by atoms with van der Waals surface area (Å²) >= 11 is 13.0. The van der Waals surface area contributed by atoms with Gasteiger partial charge in [-0.05, 0) is 59.8 Å². The van der Waals surface area contributed by atoms with Crippen molar-refractivity contribution in [1.82, 2.24) is 0 Å². The molecule has 0 aromatic heterocycles. The molecule has 1 fully saturated rings. The lowest BCUT2D eigenvalue weighted by Crippen LogP contribution is -2.27. The Labute approximate surface area is 188 Å². The van der Waals surface area contributed by atoms with Crippen LogP contribution in [0, 0.1) is 0 Å². The summed E-state index contributed by atoms with van der Waals surface area (Å²) in [6, 6.07) is 21.4. The van der Waals surface area contributed by atoms with Gasteiger partial charge in [-0.1, -0.05) is 59.6 Å². The summed E-state index contributed by atoms with van der Waals surface area (Å²) in [5.41, 5.74) is 2.08. The molecule has 0 saturated carbocycles. The summed E-state index contributed by atoms with van der Waals surface area (Å²) in [6.45, 7) is 0.328. The number of nitrogens with zero attached hydrogens (tertiary/aromatic N) is 1. The van der Waals surface area contributed by atoms with Crippen LogP contribution in [0.5, 0.6) is 5.75 Å². The van der Waals surface area contributed by atoms with E-state index in [4.69, 9.17) is 27.9 Å². The number of rotatable bonds is 5. The normalized spacial score (nSPS) is 15.1. The van der Waals surface area contributed by atoms with Crippen LogP contribution in [0.2, 0.25) is 10.0 Å². The molecule has 1 aliphatic heterocycles. The van der Waals surface area contributed by atoms with Gasteiger partial charge in [-0.3, -0.25) is 9.59 Å². The maximum atomic E-state index is 12.8. The van der Waals surface area contributed by atoms with Crippen LogP contribution < -0.4 is 9.64 Å². The first-order chi connectivity index (χ1) is 14.5. The maximum absolute atomic E-state index is 12.8. The quantitative estimate of drug-likeness (QED) is 0.396. The molecule has 1 aliphatic rings. The van der Waals surface area contributed by atoms with Gasteiger partial charge in [0.2, 0.25) is 0 Å². The van der Waals surface area contributed by atoms with Crippen LogP contribution in [0.3, 0.4) is 0 Å². The number of ether oxygens (including phenoxy) is 1. The third-order valence-corrected chi connectivity index (χ3v) is 5.84. The number of hydrogen-bond acceptors (Lipinski definition) is 4. The Balaban J connectivity index is 1.52. The van der Waals surface area contributed by atoms with Gasteiger partial charge in [0.15, 0.2) is 0 Å². The second kappa shape index (κ2) is 8.96. The van der Waals surface area contributed by atoms with E-state index in [1.807, 2.05) is 48.5 Å². The second-order valence-electron chi connectivity index (χ2n) is 6.45. The molecule has 0 spiro atoms. The lowest BCUT2D eigenvalue weighted by atomic mass is 10.2. The van der Waals surface area contributed by atoms with Gasteiger partial charge in [-0.2, -0.15) is 0 Å². The zero-order valence-electron chi connectivity index (χ0n) is 15.5. The van der Waals surface area contributed by atoms with Crippen molar-refractivity contribution in [2.45, 2.75) is 6.61 Å². The van der Waals surface area contributed by atoms with Crippen molar-refractivity contribution in [2.24, 2.45) is 0 Å². The van der Waals surface area contributed by atoms with Crippen LogP contribution >= 0.6 is 35.0 Å². The van der Waals surface area contributed by atoms with Crippen molar-refractivity contribution < 1.29 is 14.3 Å². The smallest absolute Gasteiger partial charge is 0.298 e. The predicted molar refractivity (Wildman–Crippen MR) is 122 cm³/mol. The van der Waals surface area contributed by atoms with Crippen LogP contribution in [-0.2, 0) is 11.4 Å². The zero-order chi connectivity index (χ0) is 21.1. The molecule has 0 radical (unpaired) electrons. The van der Waals surface area contributed by atoms with Gasteiger partial charge in [0.25, 0.3) is 11.1 Å². The fraction of sp³-hybridized carbons (Fsp3) is 0.0435. The van der Waals surface area contributed by atoms with Crippen LogP contribution in [0.1, 0.15) is 11.1 Å². The molecule has 0 unspecified atom stereocenters. The van der Waals surface area contributed by atoms with E-state index >= 15 is 0 Å². The third kappa shape index (κ3) is 4.54. The van der Waals surface area contributed by atoms with Crippen molar-refractivity contribution in [3.8, 4) is 5.75 Å². The van der Waals surface area contributed by atoms with Gasteiger partial charge in [0.05, 0.1) is 10.6 Å². The highest BCUT2D eigenvalue weighted by Gasteiger charge is 2.36. The standard InChI is InChI=1S/C23H15Cl2NO3S/c24-17-7-4-8-18(13-17)26-22(27)21(30-23(26)28)12-15-5-3-9-19(11-15)29-14-16-6-1-2-10-20(16)25/h1-13H,14H2/b21-12-. The van der Waals surface area contributed by atoms with E-state index in [0.29, 0.717) is 33.0 Å². The van der Waals surface area contributed by atoms with Crippen LogP contribution in [-0.4, -0.2) is 11.1 Å². The van der Waals surface area contributed by atoms with Crippen molar-refractivity contribution in [1.29, 1.82) is 0 Å². The summed E-state index contributed by atoms with van der Waals surface area (Å²) in [7, 11) is 0. The number of carbonyl (C=O) groups is 2. The molecule has 30 heavy (non-hydrogen) atoms. The molecule has 0 bridgehead atoms. The monoisotopic (exact) mass is 455 g/mol. The highest BCUT2D eigenvalue weighted by Crippen LogP contribution is 2.36. The van der Waals surface area contributed by atoms with Gasteiger partial charge in [0.1, 0.15) is 12.4 Å². The Kier molecular flexibility index (Phi) is 6.13. The molecule has 2 amide bonds. The zero-order valence-corrected chi connectivity index (χ0v) is 17.9. The lowest BCUT2D eigenvalue weighted by Gasteiger charge is -2.12. The van der Waals surface area contributed by atoms with E-state index in [-0.39, 0.29) is 11.1 Å². The van der Waals surface area contributed by atoms with E-state index in [1.165, 1.54) is 0 Å². The number of hydrogen-bond donors (Lipinski definition) is 0. The Bertz CT molecular complexity index is 1160. The SMILES string of the molecule is O=C1S/C(=C\c2cccc(OCc3ccccc3Cl)c2)C(=O)N1c1cccc(Cl)c1. The molecule has 3 aromatic carbocycles. The fourth-order valence-corrected chi connectivity index (χ4v) is 4.14. The summed E-state index contributed by atoms with van der Waals surface area (Å²) in [5, 5.41) is 0.738. The second-order valence-corrected chi connectivity index (χ2v) is 8.29. The molecule has 4 nitrogen and oxygen atoms in total. The highest BCUT2D eigenvalue weighted by molar-refractivity contribution is 8.19. The Morgan fingerprint density at radius 3 is 2.53 bits per heavy atom. The number of anilines is 1. The first kappa shape index (κ1) is 20.5. The maximum Gasteiger partial charge on any atom is 0.298 e. The number of carbonyl (C=O) groups excluding carboxylic acids is 2. The van der Waals surface area contributed by atoms with Crippen LogP contribution in [0.25, 0.3) is 6.08 Å². The first-order valence-corrected chi connectivity index (χ1v) is 10.6. The first-order valence-electron chi connectivity index (χ1n) is 9.01. The number of halogens is 2. The molecule has 4 rings (SSSR count). The molecule has 0 aliphatic carbocycles.